The Morgan fingerprint density at radius 3 is 2.00 bits per heavy atom. The van der Waals surface area contributed by atoms with Crippen molar-refractivity contribution in [3.05, 3.63) is 48.7 Å². The Kier molecular flexibility index (Phi) is 4.41. The van der Waals surface area contributed by atoms with E-state index in [-0.39, 0.29) is 17.3 Å². The first-order valence-electron chi connectivity index (χ1n) is 4.79. The summed E-state index contributed by atoms with van der Waals surface area (Å²) in [6, 6.07) is 9.58. The first-order valence-corrected chi connectivity index (χ1v) is 7.67. The smallest absolute Gasteiger partial charge is 0.281 e. The molecule has 9 heteroatoms. The molecule has 0 aliphatic heterocycles. The number of halogens is 1. The molecule has 2 aromatic rings. The van der Waals surface area contributed by atoms with Crippen molar-refractivity contribution in [1.29, 1.82) is 0 Å². The number of hydrogen-bond donors (Lipinski definition) is 1. The van der Waals surface area contributed by atoms with Gasteiger partial charge in [0.2, 0.25) is 0 Å². The molecule has 104 valence electrons. The third-order valence-corrected chi connectivity index (χ3v) is 4.92. The molecule has 2 rings (SSSR count). The fraction of sp³-hybridized carbons (Fsp3) is 0. The molecule has 1 aromatic heterocycles. The third kappa shape index (κ3) is 2.98. The van der Waals surface area contributed by atoms with E-state index in [0.29, 0.717) is 3.97 Å². The maximum atomic E-state index is 12.1. The van der Waals surface area contributed by atoms with Crippen molar-refractivity contribution in [2.24, 2.45) is 0 Å². The van der Waals surface area contributed by atoms with Crippen LogP contribution in [0.4, 0.5) is 0 Å². The van der Waals surface area contributed by atoms with Crippen LogP contribution in [-0.4, -0.2) is 25.4 Å². The SMILES string of the molecule is Cl.O=S(=O)(O)c1cccn1S(=O)(=O)c1ccccc1. The maximum absolute atomic E-state index is 12.1. The molecule has 0 spiro atoms. The summed E-state index contributed by atoms with van der Waals surface area (Å²) in [4.78, 5) is -0.0638. The van der Waals surface area contributed by atoms with Crippen LogP contribution in [0.15, 0.2) is 58.6 Å². The minimum atomic E-state index is -4.60. The van der Waals surface area contributed by atoms with E-state index in [9.17, 15) is 16.8 Å². The van der Waals surface area contributed by atoms with Gasteiger partial charge in [0.05, 0.1) is 4.90 Å². The van der Waals surface area contributed by atoms with E-state index in [0.717, 1.165) is 12.3 Å². The van der Waals surface area contributed by atoms with Gasteiger partial charge in [-0.15, -0.1) is 12.4 Å². The average Bonchev–Trinajstić information content (AvgIpc) is 2.79. The summed E-state index contributed by atoms with van der Waals surface area (Å²) in [6.45, 7) is 0. The molecular weight excluding hydrogens is 314 g/mol. The largest absolute Gasteiger partial charge is 0.311 e. The van der Waals surface area contributed by atoms with Gasteiger partial charge in [-0.25, -0.2) is 12.4 Å². The highest BCUT2D eigenvalue weighted by Crippen LogP contribution is 2.19. The maximum Gasteiger partial charge on any atom is 0.311 e. The van der Waals surface area contributed by atoms with Crippen LogP contribution in [0.2, 0.25) is 0 Å². The highest BCUT2D eigenvalue weighted by atomic mass is 35.5. The molecule has 0 fully saturated rings. The summed E-state index contributed by atoms with van der Waals surface area (Å²) in [7, 11) is -8.63. The Hall–Kier alpha value is -1.35. The fourth-order valence-electron chi connectivity index (χ4n) is 1.45. The second-order valence-electron chi connectivity index (χ2n) is 3.44. The van der Waals surface area contributed by atoms with Crippen molar-refractivity contribution in [3.63, 3.8) is 0 Å². The quantitative estimate of drug-likeness (QED) is 0.862. The van der Waals surface area contributed by atoms with Gasteiger partial charge in [0.1, 0.15) is 0 Å². The van der Waals surface area contributed by atoms with Crippen LogP contribution in [0.3, 0.4) is 0 Å². The molecule has 1 heterocycles. The summed E-state index contributed by atoms with van der Waals surface area (Å²) in [5.41, 5.74) is 0. The van der Waals surface area contributed by atoms with Crippen LogP contribution < -0.4 is 0 Å². The summed E-state index contributed by atoms with van der Waals surface area (Å²) in [5, 5.41) is -0.689. The molecule has 0 radical (unpaired) electrons. The summed E-state index contributed by atoms with van der Waals surface area (Å²) in [5.74, 6) is 0. The lowest BCUT2D eigenvalue weighted by molar-refractivity contribution is 0.476. The van der Waals surface area contributed by atoms with Crippen LogP contribution in [0.25, 0.3) is 0 Å². The average molecular weight is 324 g/mol. The van der Waals surface area contributed by atoms with E-state index >= 15 is 0 Å². The van der Waals surface area contributed by atoms with Gasteiger partial charge in [-0.3, -0.25) is 4.55 Å². The van der Waals surface area contributed by atoms with Crippen molar-refractivity contribution >= 4 is 32.5 Å². The lowest BCUT2D eigenvalue weighted by Crippen LogP contribution is -2.17. The normalized spacial score (nSPS) is 11.8. The van der Waals surface area contributed by atoms with Gasteiger partial charge in [-0.2, -0.15) is 8.42 Å². The Balaban J connectivity index is 0.00000180. The van der Waals surface area contributed by atoms with Gasteiger partial charge in [-0.05, 0) is 24.3 Å². The van der Waals surface area contributed by atoms with Crippen LogP contribution in [0.5, 0.6) is 0 Å². The minimum absolute atomic E-state index is 0. The number of benzene rings is 1. The minimum Gasteiger partial charge on any atom is -0.281 e. The highest BCUT2D eigenvalue weighted by molar-refractivity contribution is 7.91. The number of rotatable bonds is 3. The summed E-state index contributed by atoms with van der Waals surface area (Å²) >= 11 is 0. The van der Waals surface area contributed by atoms with Gasteiger partial charge in [0, 0.05) is 6.20 Å². The van der Waals surface area contributed by atoms with Crippen molar-refractivity contribution in [3.8, 4) is 0 Å². The molecule has 0 aliphatic rings. The first-order chi connectivity index (χ1) is 8.33. The molecule has 1 aromatic carbocycles. The second kappa shape index (κ2) is 5.33. The van der Waals surface area contributed by atoms with Gasteiger partial charge < -0.3 is 0 Å². The van der Waals surface area contributed by atoms with E-state index in [1.165, 1.54) is 30.3 Å². The van der Waals surface area contributed by atoms with Gasteiger partial charge in [0.15, 0.2) is 5.03 Å². The summed E-state index contributed by atoms with van der Waals surface area (Å²) < 4.78 is 55.9. The zero-order valence-corrected chi connectivity index (χ0v) is 11.8. The molecule has 19 heavy (non-hydrogen) atoms. The molecule has 0 amide bonds. The predicted molar refractivity (Wildman–Crippen MR) is 70.5 cm³/mol. The van der Waals surface area contributed by atoms with E-state index < -0.39 is 25.2 Å². The van der Waals surface area contributed by atoms with Gasteiger partial charge >= 0.3 is 10.1 Å². The van der Waals surface area contributed by atoms with E-state index in [2.05, 4.69) is 0 Å². The van der Waals surface area contributed by atoms with Gasteiger partial charge in [-0.1, -0.05) is 18.2 Å². The molecule has 6 nitrogen and oxygen atoms in total. The molecule has 0 saturated carbocycles. The topological polar surface area (TPSA) is 93.4 Å². The monoisotopic (exact) mass is 323 g/mol. The Bertz CT molecular complexity index is 765. The van der Waals surface area contributed by atoms with E-state index in [4.69, 9.17) is 4.55 Å². The third-order valence-electron chi connectivity index (χ3n) is 2.24. The van der Waals surface area contributed by atoms with E-state index in [1.807, 2.05) is 0 Å². The first kappa shape index (κ1) is 15.7. The molecule has 0 atom stereocenters. The van der Waals surface area contributed by atoms with Crippen molar-refractivity contribution < 1.29 is 21.4 Å². The van der Waals surface area contributed by atoms with Crippen molar-refractivity contribution in [2.45, 2.75) is 9.92 Å². The molecule has 0 unspecified atom stereocenters. The van der Waals surface area contributed by atoms with Crippen LogP contribution in [-0.2, 0) is 20.1 Å². The molecule has 0 saturated heterocycles. The van der Waals surface area contributed by atoms with Gasteiger partial charge in [0.25, 0.3) is 10.0 Å². The number of aromatic nitrogens is 1. The zero-order valence-electron chi connectivity index (χ0n) is 9.37. The molecule has 0 bridgehead atoms. The predicted octanol–water partition coefficient (Wildman–Crippen LogP) is 1.39. The second-order valence-corrected chi connectivity index (χ2v) is 6.62. The van der Waals surface area contributed by atoms with Crippen molar-refractivity contribution in [1.82, 2.24) is 3.97 Å². The van der Waals surface area contributed by atoms with Crippen LogP contribution >= 0.6 is 12.4 Å². The summed E-state index contributed by atoms with van der Waals surface area (Å²) in [6.07, 6.45) is 1.06. The number of hydrogen-bond acceptors (Lipinski definition) is 4. The van der Waals surface area contributed by atoms with E-state index in [1.54, 1.807) is 6.07 Å². The molecule has 1 N–H and O–H groups in total. The Labute approximate surface area is 116 Å². The Morgan fingerprint density at radius 1 is 0.895 bits per heavy atom. The lowest BCUT2D eigenvalue weighted by Gasteiger charge is -2.08. The molecule has 0 aliphatic carbocycles. The van der Waals surface area contributed by atoms with Crippen LogP contribution in [0, 0.1) is 0 Å². The van der Waals surface area contributed by atoms with Crippen molar-refractivity contribution in [2.75, 3.05) is 0 Å². The standard InChI is InChI=1S/C10H9NO5S2.ClH/c12-17(13,9-5-2-1-3-6-9)11-8-4-7-10(11)18(14,15)16;/h1-8H,(H,14,15,16);1H. The lowest BCUT2D eigenvalue weighted by atomic mass is 10.4. The van der Waals surface area contributed by atoms with Crippen LogP contribution in [0.1, 0.15) is 0 Å². The highest BCUT2D eigenvalue weighted by Gasteiger charge is 2.24. The zero-order chi connectivity index (χ0) is 13.4. The number of nitrogens with zero attached hydrogens (tertiary/aromatic N) is 1. The molecular formula is C10H10ClNO5S2. The fourth-order valence-corrected chi connectivity index (χ4v) is 3.83. The Morgan fingerprint density at radius 2 is 1.47 bits per heavy atom.